The predicted molar refractivity (Wildman–Crippen MR) is 78.0 cm³/mol. The van der Waals surface area contributed by atoms with Crippen molar-refractivity contribution in [2.75, 3.05) is 19.4 Å². The summed E-state index contributed by atoms with van der Waals surface area (Å²) in [6.07, 6.45) is 2.21. The normalized spacial score (nSPS) is 20.1. The van der Waals surface area contributed by atoms with E-state index in [1.165, 1.54) is 7.11 Å². The van der Waals surface area contributed by atoms with Gasteiger partial charge in [0.1, 0.15) is 0 Å². The number of esters is 1. The lowest BCUT2D eigenvalue weighted by atomic mass is 10.2. The largest absolute Gasteiger partial charge is 0.469 e. The average Bonchev–Trinajstić information content (AvgIpc) is 3.08. The Labute approximate surface area is 123 Å². The lowest BCUT2D eigenvalue weighted by molar-refractivity contribution is -0.140. The average molecular weight is 317 g/mol. The van der Waals surface area contributed by atoms with Gasteiger partial charge >= 0.3 is 5.97 Å². The third-order valence-corrected chi connectivity index (χ3v) is 6.37. The van der Waals surface area contributed by atoms with Gasteiger partial charge in [-0.2, -0.15) is 4.31 Å². The Kier molecular flexibility index (Phi) is 5.17. The first-order chi connectivity index (χ1) is 9.54. The van der Waals surface area contributed by atoms with E-state index in [0.717, 1.165) is 17.7 Å². The summed E-state index contributed by atoms with van der Waals surface area (Å²) in [5, 5.41) is 1.97. The molecular weight excluding hydrogens is 298 g/mol. The zero-order valence-electron chi connectivity index (χ0n) is 11.4. The second-order valence-electron chi connectivity index (χ2n) is 4.78. The van der Waals surface area contributed by atoms with E-state index in [0.29, 0.717) is 13.0 Å². The molecule has 1 aromatic heterocycles. The van der Waals surface area contributed by atoms with Gasteiger partial charge in [-0.15, -0.1) is 11.3 Å². The summed E-state index contributed by atoms with van der Waals surface area (Å²) in [5.41, 5.74) is 0. The molecule has 1 unspecified atom stereocenters. The number of thiophene rings is 1. The molecule has 0 aliphatic carbocycles. The van der Waals surface area contributed by atoms with Gasteiger partial charge in [-0.1, -0.05) is 6.07 Å². The molecule has 1 aliphatic heterocycles. The molecular formula is C13H19NO4S2. The van der Waals surface area contributed by atoms with Crippen LogP contribution in [0.15, 0.2) is 17.5 Å². The van der Waals surface area contributed by atoms with E-state index < -0.39 is 10.0 Å². The highest BCUT2D eigenvalue weighted by Gasteiger charge is 2.35. The van der Waals surface area contributed by atoms with Crippen LogP contribution in [0.2, 0.25) is 0 Å². The topological polar surface area (TPSA) is 63.7 Å². The molecule has 0 bridgehead atoms. The summed E-state index contributed by atoms with van der Waals surface area (Å²) in [6.45, 7) is 0.573. The SMILES string of the molecule is COC(=O)CCCS(=O)(=O)N1CCCC1c1cccs1. The fourth-order valence-electron chi connectivity index (χ4n) is 2.46. The molecule has 112 valence electrons. The van der Waals surface area contributed by atoms with Crippen LogP contribution in [0.1, 0.15) is 36.6 Å². The summed E-state index contributed by atoms with van der Waals surface area (Å²) in [7, 11) is -2.00. The first-order valence-corrected chi connectivity index (χ1v) is 9.13. The van der Waals surface area contributed by atoms with Crippen molar-refractivity contribution in [2.24, 2.45) is 0 Å². The van der Waals surface area contributed by atoms with Crippen molar-refractivity contribution in [3.8, 4) is 0 Å². The van der Waals surface area contributed by atoms with Gasteiger partial charge in [0.25, 0.3) is 0 Å². The molecule has 1 saturated heterocycles. The Bertz CT molecular complexity index is 539. The van der Waals surface area contributed by atoms with Gasteiger partial charge in [0, 0.05) is 17.8 Å². The molecule has 0 aromatic carbocycles. The molecule has 0 saturated carbocycles. The van der Waals surface area contributed by atoms with E-state index in [-0.39, 0.29) is 24.2 Å². The van der Waals surface area contributed by atoms with E-state index in [9.17, 15) is 13.2 Å². The maximum Gasteiger partial charge on any atom is 0.305 e. The van der Waals surface area contributed by atoms with Gasteiger partial charge in [0.05, 0.1) is 18.9 Å². The number of nitrogens with zero attached hydrogens (tertiary/aromatic N) is 1. The van der Waals surface area contributed by atoms with E-state index in [4.69, 9.17) is 0 Å². The van der Waals surface area contributed by atoms with Gasteiger partial charge in [-0.25, -0.2) is 8.42 Å². The van der Waals surface area contributed by atoms with Crippen LogP contribution in [0.4, 0.5) is 0 Å². The number of ether oxygens (including phenoxy) is 1. The minimum atomic E-state index is -3.31. The molecule has 0 N–H and O–H groups in total. The lowest BCUT2D eigenvalue weighted by Gasteiger charge is -2.23. The monoisotopic (exact) mass is 317 g/mol. The molecule has 20 heavy (non-hydrogen) atoms. The lowest BCUT2D eigenvalue weighted by Crippen LogP contribution is -2.32. The van der Waals surface area contributed by atoms with Crippen molar-refractivity contribution in [2.45, 2.75) is 31.7 Å². The standard InChI is InChI=1S/C13H19NO4S2/c1-18-13(15)7-4-10-20(16,17)14-8-2-5-11(14)12-6-3-9-19-12/h3,6,9,11H,2,4-5,7-8,10H2,1H3. The number of hydrogen-bond donors (Lipinski definition) is 0. The third kappa shape index (κ3) is 3.59. The second kappa shape index (κ2) is 6.69. The maximum atomic E-state index is 12.4. The van der Waals surface area contributed by atoms with E-state index in [1.807, 2.05) is 17.5 Å². The van der Waals surface area contributed by atoms with Crippen LogP contribution >= 0.6 is 11.3 Å². The number of hydrogen-bond acceptors (Lipinski definition) is 5. The number of carbonyl (C=O) groups is 1. The van der Waals surface area contributed by atoms with Gasteiger partial charge < -0.3 is 4.74 Å². The van der Waals surface area contributed by atoms with Crippen LogP contribution in [-0.2, 0) is 19.6 Å². The highest BCUT2D eigenvalue weighted by molar-refractivity contribution is 7.89. The van der Waals surface area contributed by atoms with Crippen molar-refractivity contribution in [3.05, 3.63) is 22.4 Å². The number of sulfonamides is 1. The molecule has 1 fully saturated rings. The summed E-state index contributed by atoms with van der Waals surface area (Å²) in [5.74, 6) is -0.360. The highest BCUT2D eigenvalue weighted by atomic mass is 32.2. The van der Waals surface area contributed by atoms with Gasteiger partial charge in [-0.05, 0) is 30.7 Å². The molecule has 1 atom stereocenters. The minimum Gasteiger partial charge on any atom is -0.469 e. The van der Waals surface area contributed by atoms with Gasteiger partial charge in [0.15, 0.2) is 0 Å². The Morgan fingerprint density at radius 3 is 3.00 bits per heavy atom. The molecule has 2 rings (SSSR count). The van der Waals surface area contributed by atoms with Crippen LogP contribution in [-0.4, -0.2) is 38.1 Å². The van der Waals surface area contributed by atoms with E-state index in [2.05, 4.69) is 4.74 Å². The van der Waals surface area contributed by atoms with E-state index in [1.54, 1.807) is 15.6 Å². The molecule has 1 aromatic rings. The Hall–Kier alpha value is -0.920. The Morgan fingerprint density at radius 1 is 1.55 bits per heavy atom. The number of carbonyl (C=O) groups excluding carboxylic acids is 1. The van der Waals surface area contributed by atoms with E-state index >= 15 is 0 Å². The molecule has 2 heterocycles. The number of rotatable bonds is 6. The van der Waals surface area contributed by atoms with Crippen LogP contribution in [0.25, 0.3) is 0 Å². The molecule has 7 heteroatoms. The predicted octanol–water partition coefficient (Wildman–Crippen LogP) is 2.17. The zero-order chi connectivity index (χ0) is 14.6. The first kappa shape index (κ1) is 15.5. The van der Waals surface area contributed by atoms with Crippen LogP contribution in [0, 0.1) is 0 Å². The molecule has 0 spiro atoms. The zero-order valence-corrected chi connectivity index (χ0v) is 13.1. The van der Waals surface area contributed by atoms with Crippen LogP contribution in [0.5, 0.6) is 0 Å². The quantitative estimate of drug-likeness (QED) is 0.754. The summed E-state index contributed by atoms with van der Waals surface area (Å²) in [4.78, 5) is 12.1. The minimum absolute atomic E-state index is 0.00394. The molecule has 0 amide bonds. The molecule has 1 aliphatic rings. The fourth-order valence-corrected chi connectivity index (χ4v) is 5.15. The highest BCUT2D eigenvalue weighted by Crippen LogP contribution is 2.36. The van der Waals surface area contributed by atoms with Crippen molar-refractivity contribution < 1.29 is 17.9 Å². The summed E-state index contributed by atoms with van der Waals surface area (Å²) < 4.78 is 30.9. The Balaban J connectivity index is 1.99. The third-order valence-electron chi connectivity index (χ3n) is 3.44. The number of methoxy groups -OCH3 is 1. The first-order valence-electron chi connectivity index (χ1n) is 6.64. The molecule has 0 radical (unpaired) electrons. The van der Waals surface area contributed by atoms with Gasteiger partial charge in [-0.3, -0.25) is 4.79 Å². The second-order valence-corrected chi connectivity index (χ2v) is 7.80. The smallest absolute Gasteiger partial charge is 0.305 e. The van der Waals surface area contributed by atoms with Crippen molar-refractivity contribution in [3.63, 3.8) is 0 Å². The van der Waals surface area contributed by atoms with Crippen molar-refractivity contribution >= 4 is 27.3 Å². The van der Waals surface area contributed by atoms with Crippen LogP contribution < -0.4 is 0 Å². The summed E-state index contributed by atoms with van der Waals surface area (Å²) in [6, 6.07) is 3.90. The Morgan fingerprint density at radius 2 is 2.35 bits per heavy atom. The van der Waals surface area contributed by atoms with Gasteiger partial charge in [0.2, 0.25) is 10.0 Å². The maximum absolute atomic E-state index is 12.4. The molecule has 5 nitrogen and oxygen atoms in total. The fraction of sp³-hybridized carbons (Fsp3) is 0.615. The van der Waals surface area contributed by atoms with Crippen molar-refractivity contribution in [1.82, 2.24) is 4.31 Å². The summed E-state index contributed by atoms with van der Waals surface area (Å²) >= 11 is 1.59. The van der Waals surface area contributed by atoms with Crippen LogP contribution in [0.3, 0.4) is 0 Å². The van der Waals surface area contributed by atoms with Crippen molar-refractivity contribution in [1.29, 1.82) is 0 Å².